The zero-order valence-electron chi connectivity index (χ0n) is 13.4. The Kier molecular flexibility index (Phi) is 6.02. The average Bonchev–Trinajstić information content (AvgIpc) is 2.82. The van der Waals surface area contributed by atoms with E-state index in [1.165, 1.54) is 0 Å². The maximum absolute atomic E-state index is 12.6. The van der Waals surface area contributed by atoms with Gasteiger partial charge in [0.05, 0.1) is 6.54 Å². The van der Waals surface area contributed by atoms with Crippen LogP contribution in [-0.4, -0.2) is 10.4 Å². The van der Waals surface area contributed by atoms with Gasteiger partial charge in [-0.2, -0.15) is 0 Å². The van der Waals surface area contributed by atoms with Crippen molar-refractivity contribution in [3.63, 3.8) is 0 Å². The molecule has 6 heteroatoms. The Hall–Kier alpha value is -1.85. The standard InChI is InChI=1S/C18H18ClN3O.BrH/c1-2-11-21-15-5-3-4-6-16(15)22(18(21)20)12-17(23)13-7-9-14(19)10-8-13;/h3-10,20H,2,11-12H2,1H3;1H. The van der Waals surface area contributed by atoms with E-state index in [1.807, 2.05) is 28.8 Å². The van der Waals surface area contributed by atoms with Crippen molar-refractivity contribution < 1.29 is 26.3 Å². The Morgan fingerprint density at radius 1 is 1.17 bits per heavy atom. The molecular weight excluding hydrogens is 390 g/mol. The number of fused-ring (bicyclic) bond motifs is 1. The summed E-state index contributed by atoms with van der Waals surface area (Å²) in [6.07, 6.45) is 0.980. The highest BCUT2D eigenvalue weighted by Crippen LogP contribution is 2.17. The summed E-state index contributed by atoms with van der Waals surface area (Å²) in [7, 11) is 0. The van der Waals surface area contributed by atoms with Crippen molar-refractivity contribution in [3.8, 4) is 0 Å². The summed E-state index contributed by atoms with van der Waals surface area (Å²) >= 11 is 5.88. The van der Waals surface area contributed by atoms with Crippen molar-refractivity contribution in [2.24, 2.45) is 0 Å². The van der Waals surface area contributed by atoms with Crippen LogP contribution in [0.4, 0.5) is 5.95 Å². The molecule has 2 aromatic carbocycles. The number of hydrogen-bond donors (Lipinski definition) is 1. The third kappa shape index (κ3) is 3.47. The number of halogens is 2. The van der Waals surface area contributed by atoms with Crippen molar-refractivity contribution in [1.82, 2.24) is 4.57 Å². The number of aromatic nitrogens is 2. The maximum atomic E-state index is 12.6. The number of nitrogen functional groups attached to an aromatic ring is 1. The summed E-state index contributed by atoms with van der Waals surface area (Å²) in [5, 5.41) is 0.619. The molecule has 0 unspecified atom stereocenters. The average molecular weight is 409 g/mol. The van der Waals surface area contributed by atoms with Gasteiger partial charge in [0, 0.05) is 10.6 Å². The summed E-state index contributed by atoms with van der Waals surface area (Å²) < 4.78 is 3.94. The Labute approximate surface area is 156 Å². The first kappa shape index (κ1) is 18.5. The highest BCUT2D eigenvalue weighted by Gasteiger charge is 2.22. The van der Waals surface area contributed by atoms with Gasteiger partial charge in [-0.25, -0.2) is 9.13 Å². The number of ketones is 1. The number of hydrogen-bond acceptors (Lipinski definition) is 2. The quantitative estimate of drug-likeness (QED) is 0.493. The largest absolute Gasteiger partial charge is 1.00 e. The van der Waals surface area contributed by atoms with Gasteiger partial charge < -0.3 is 17.0 Å². The van der Waals surface area contributed by atoms with E-state index in [4.69, 9.17) is 17.3 Å². The van der Waals surface area contributed by atoms with Crippen LogP contribution in [-0.2, 0) is 13.1 Å². The molecular formula is C18H19BrClN3O. The fourth-order valence-corrected chi connectivity index (χ4v) is 2.93. The Balaban J connectivity index is 0.00000208. The number of rotatable bonds is 5. The molecule has 0 fully saturated rings. The lowest BCUT2D eigenvalue weighted by molar-refractivity contribution is -0.642. The van der Waals surface area contributed by atoms with E-state index in [0.717, 1.165) is 24.0 Å². The highest BCUT2D eigenvalue weighted by atomic mass is 79.9. The highest BCUT2D eigenvalue weighted by molar-refractivity contribution is 6.30. The molecule has 0 bridgehead atoms. The van der Waals surface area contributed by atoms with Crippen LogP contribution in [0.5, 0.6) is 0 Å². The Bertz CT molecular complexity index is 859. The van der Waals surface area contributed by atoms with Crippen molar-refractivity contribution >= 4 is 34.4 Å². The predicted molar refractivity (Wildman–Crippen MR) is 92.6 cm³/mol. The van der Waals surface area contributed by atoms with Gasteiger partial charge in [-0.3, -0.25) is 10.5 Å². The summed E-state index contributed by atoms with van der Waals surface area (Å²) in [4.78, 5) is 12.6. The topological polar surface area (TPSA) is 51.9 Å². The van der Waals surface area contributed by atoms with Gasteiger partial charge in [0.2, 0.25) is 0 Å². The normalized spacial score (nSPS) is 10.6. The minimum absolute atomic E-state index is 0. The molecule has 2 N–H and O–H groups in total. The van der Waals surface area contributed by atoms with E-state index in [1.54, 1.807) is 24.3 Å². The molecule has 1 heterocycles. The van der Waals surface area contributed by atoms with Gasteiger partial charge in [0.15, 0.2) is 5.78 Å². The fourth-order valence-electron chi connectivity index (χ4n) is 2.81. The van der Waals surface area contributed by atoms with Crippen LogP contribution in [0.2, 0.25) is 5.02 Å². The first-order valence-corrected chi connectivity index (χ1v) is 8.05. The number of anilines is 1. The number of para-hydroxylation sites is 2. The number of Topliss-reactive ketones (excluding diaryl/α,β-unsaturated/α-hetero) is 1. The first-order chi connectivity index (χ1) is 11.1. The summed E-state index contributed by atoms with van der Waals surface area (Å²) in [6, 6.07) is 14.9. The van der Waals surface area contributed by atoms with Crippen LogP contribution in [0.1, 0.15) is 23.7 Å². The second-order valence-electron chi connectivity index (χ2n) is 5.51. The third-order valence-electron chi connectivity index (χ3n) is 3.93. The molecule has 3 aromatic rings. The van der Waals surface area contributed by atoms with Crippen LogP contribution in [0.15, 0.2) is 48.5 Å². The van der Waals surface area contributed by atoms with Crippen LogP contribution in [0.3, 0.4) is 0 Å². The molecule has 0 atom stereocenters. The molecule has 3 rings (SSSR count). The molecule has 0 aliphatic heterocycles. The van der Waals surface area contributed by atoms with Crippen molar-refractivity contribution in [2.75, 3.05) is 5.73 Å². The van der Waals surface area contributed by atoms with E-state index in [9.17, 15) is 4.79 Å². The van der Waals surface area contributed by atoms with E-state index in [0.29, 0.717) is 16.5 Å². The smallest absolute Gasteiger partial charge is 0.356 e. The molecule has 0 saturated heterocycles. The minimum atomic E-state index is 0. The number of carbonyl (C=O) groups excluding carboxylic acids is 1. The Morgan fingerprint density at radius 2 is 1.83 bits per heavy atom. The lowest BCUT2D eigenvalue weighted by Gasteiger charge is -2.02. The second kappa shape index (κ2) is 7.81. The first-order valence-electron chi connectivity index (χ1n) is 7.67. The van der Waals surface area contributed by atoms with Gasteiger partial charge in [-0.15, -0.1) is 0 Å². The van der Waals surface area contributed by atoms with Crippen molar-refractivity contribution in [3.05, 3.63) is 59.1 Å². The fraction of sp³-hybridized carbons (Fsp3) is 0.222. The van der Waals surface area contributed by atoms with Crippen LogP contribution < -0.4 is 27.3 Å². The number of nitrogens with zero attached hydrogens (tertiary/aromatic N) is 2. The molecule has 126 valence electrons. The molecule has 0 aliphatic carbocycles. The molecule has 0 amide bonds. The zero-order valence-corrected chi connectivity index (χ0v) is 15.7. The molecule has 24 heavy (non-hydrogen) atoms. The predicted octanol–water partition coefficient (Wildman–Crippen LogP) is 0.461. The van der Waals surface area contributed by atoms with Crippen molar-refractivity contribution in [2.45, 2.75) is 26.4 Å². The summed E-state index contributed by atoms with van der Waals surface area (Å²) in [5.74, 6) is 0.619. The van der Waals surface area contributed by atoms with Crippen LogP contribution in [0, 0.1) is 0 Å². The van der Waals surface area contributed by atoms with Crippen LogP contribution >= 0.6 is 11.6 Å². The van der Waals surface area contributed by atoms with E-state index >= 15 is 0 Å². The van der Waals surface area contributed by atoms with Gasteiger partial charge in [-0.1, -0.05) is 30.7 Å². The van der Waals surface area contributed by atoms with Gasteiger partial charge >= 0.3 is 5.95 Å². The molecule has 0 aliphatic rings. The SMILES string of the molecule is CCCn1c(N)[n+](CC(=O)c2ccc(Cl)cc2)c2ccccc21.[Br-]. The summed E-state index contributed by atoms with van der Waals surface area (Å²) in [6.45, 7) is 3.15. The van der Waals surface area contributed by atoms with E-state index < -0.39 is 0 Å². The molecule has 4 nitrogen and oxygen atoms in total. The van der Waals surface area contributed by atoms with Crippen LogP contribution in [0.25, 0.3) is 11.0 Å². The third-order valence-corrected chi connectivity index (χ3v) is 4.18. The molecule has 0 saturated carbocycles. The lowest BCUT2D eigenvalue weighted by Crippen LogP contribution is -3.00. The molecule has 1 aromatic heterocycles. The van der Waals surface area contributed by atoms with Gasteiger partial charge in [0.25, 0.3) is 0 Å². The van der Waals surface area contributed by atoms with Crippen molar-refractivity contribution in [1.29, 1.82) is 0 Å². The minimum Gasteiger partial charge on any atom is -1.00 e. The number of benzene rings is 2. The molecule has 0 radical (unpaired) electrons. The monoisotopic (exact) mass is 407 g/mol. The number of nitrogens with two attached hydrogens (primary N) is 1. The number of imidazole rings is 1. The molecule has 0 spiro atoms. The number of aryl methyl sites for hydroxylation is 1. The zero-order chi connectivity index (χ0) is 16.4. The number of carbonyl (C=O) groups is 1. The van der Waals surface area contributed by atoms with E-state index in [2.05, 4.69) is 11.5 Å². The Morgan fingerprint density at radius 3 is 2.50 bits per heavy atom. The van der Waals surface area contributed by atoms with Gasteiger partial charge in [0.1, 0.15) is 17.6 Å². The summed E-state index contributed by atoms with van der Waals surface area (Å²) in [5.41, 5.74) is 8.96. The lowest BCUT2D eigenvalue weighted by atomic mass is 10.1. The maximum Gasteiger partial charge on any atom is 0.356 e. The second-order valence-corrected chi connectivity index (χ2v) is 5.95. The van der Waals surface area contributed by atoms with Gasteiger partial charge in [-0.05, 0) is 42.8 Å². The van der Waals surface area contributed by atoms with E-state index in [-0.39, 0.29) is 29.3 Å².